The van der Waals surface area contributed by atoms with Crippen molar-refractivity contribution < 1.29 is 27.2 Å². The number of hydrogen-bond acceptors (Lipinski definition) is 6. The molecule has 1 saturated heterocycles. The Morgan fingerprint density at radius 2 is 2.09 bits per heavy atom. The van der Waals surface area contributed by atoms with Crippen LogP contribution < -0.4 is 10.6 Å². The first-order valence-corrected chi connectivity index (χ1v) is 10.8. The summed E-state index contributed by atoms with van der Waals surface area (Å²) in [5.41, 5.74) is -0.799. The van der Waals surface area contributed by atoms with Gasteiger partial charge in [-0.3, -0.25) is 9.59 Å². The molecule has 3 heterocycles. The van der Waals surface area contributed by atoms with Crippen molar-refractivity contribution in [1.82, 2.24) is 20.2 Å². The van der Waals surface area contributed by atoms with E-state index in [1.807, 2.05) is 6.92 Å². The summed E-state index contributed by atoms with van der Waals surface area (Å²) >= 11 is 0.737. The van der Waals surface area contributed by atoms with Crippen LogP contribution in [0.25, 0.3) is 10.4 Å². The Kier molecular flexibility index (Phi) is 7.01. The van der Waals surface area contributed by atoms with Crippen LogP contribution in [0.5, 0.6) is 0 Å². The molecule has 7 nitrogen and oxygen atoms in total. The Hall–Kier alpha value is -2.76. The van der Waals surface area contributed by atoms with Gasteiger partial charge in [-0.25, -0.2) is 27.5 Å². The monoisotopic (exact) mass is 473 g/mol. The molecule has 0 saturated carbocycles. The van der Waals surface area contributed by atoms with Crippen molar-refractivity contribution in [2.45, 2.75) is 45.1 Å². The number of thiazole rings is 1. The molecule has 1 aliphatic heterocycles. The molecule has 1 atom stereocenters. The third-order valence-electron chi connectivity index (χ3n) is 5.01. The van der Waals surface area contributed by atoms with Crippen molar-refractivity contribution in [2.75, 3.05) is 25.5 Å². The van der Waals surface area contributed by atoms with E-state index in [1.165, 1.54) is 26.2 Å². The number of amides is 2. The number of pyridine rings is 1. The van der Waals surface area contributed by atoms with E-state index in [9.17, 15) is 27.2 Å². The maximum absolute atomic E-state index is 13.9. The quantitative estimate of drug-likeness (QED) is 0.589. The van der Waals surface area contributed by atoms with E-state index < -0.39 is 48.7 Å². The number of rotatable bonds is 7. The second-order valence-corrected chi connectivity index (χ2v) is 8.50. The van der Waals surface area contributed by atoms with Crippen molar-refractivity contribution in [3.05, 3.63) is 28.5 Å². The minimum Gasteiger partial charge on any atom is -0.370 e. The molecule has 2 amide bonds. The molecule has 1 aliphatic rings. The molecule has 2 N–H and O–H groups in total. The summed E-state index contributed by atoms with van der Waals surface area (Å²) in [4.78, 5) is 34.4. The van der Waals surface area contributed by atoms with Gasteiger partial charge in [-0.2, -0.15) is 0 Å². The first kappa shape index (κ1) is 23.9. The van der Waals surface area contributed by atoms with Gasteiger partial charge in [0.25, 0.3) is 24.2 Å². The first-order valence-electron chi connectivity index (χ1n) is 10.0. The third-order valence-corrected chi connectivity index (χ3v) is 6.10. The van der Waals surface area contributed by atoms with Crippen molar-refractivity contribution in [2.24, 2.45) is 0 Å². The van der Waals surface area contributed by atoms with E-state index in [0.717, 1.165) is 22.7 Å². The summed E-state index contributed by atoms with van der Waals surface area (Å²) in [7, 11) is 1.36. The number of likely N-dealkylation sites (tertiary alicyclic amines) is 1. The third kappa shape index (κ3) is 4.84. The standard InChI is InChI=1S/C20H23F4N5O2S/c1-4-5-26-13-6-11(16(21)22)12(8-27-13)15-14(28-18(32-15)17(30)25-3)19(31)29-9-20(23,24)7-10(29)2/h6,8,10,16H,4-5,7,9H2,1-3H3,(H,25,30)(H,26,27). The van der Waals surface area contributed by atoms with Crippen LogP contribution in [0.3, 0.4) is 0 Å². The Morgan fingerprint density at radius 1 is 1.38 bits per heavy atom. The number of aromatic nitrogens is 2. The Labute approximate surface area is 186 Å². The summed E-state index contributed by atoms with van der Waals surface area (Å²) in [6, 6.07) is 0.402. The highest BCUT2D eigenvalue weighted by Crippen LogP contribution is 2.40. The average Bonchev–Trinajstić information content (AvgIpc) is 3.31. The maximum atomic E-state index is 13.9. The molecule has 32 heavy (non-hydrogen) atoms. The molecule has 174 valence electrons. The van der Waals surface area contributed by atoms with Crippen LogP contribution in [0.2, 0.25) is 0 Å². The zero-order valence-corrected chi connectivity index (χ0v) is 18.5. The van der Waals surface area contributed by atoms with E-state index in [0.29, 0.717) is 6.54 Å². The lowest BCUT2D eigenvalue weighted by Crippen LogP contribution is -2.35. The van der Waals surface area contributed by atoms with Crippen LogP contribution in [-0.2, 0) is 0 Å². The number of nitrogens with zero attached hydrogens (tertiary/aromatic N) is 3. The smallest absolute Gasteiger partial charge is 0.280 e. The highest BCUT2D eigenvalue weighted by atomic mass is 32.1. The number of alkyl halides is 4. The SMILES string of the molecule is CCCNc1cc(C(F)F)c(-c2sc(C(=O)NC)nc2C(=O)N2CC(F)(F)CC2C)cn1. The fraction of sp³-hybridized carbons (Fsp3) is 0.500. The molecule has 12 heteroatoms. The second kappa shape index (κ2) is 9.39. The molecule has 0 bridgehead atoms. The Balaban J connectivity index is 2.11. The van der Waals surface area contributed by atoms with Gasteiger partial charge in [0.2, 0.25) is 0 Å². The lowest BCUT2D eigenvalue weighted by atomic mass is 10.1. The summed E-state index contributed by atoms with van der Waals surface area (Å²) in [5.74, 6) is -4.29. The zero-order chi connectivity index (χ0) is 23.6. The van der Waals surface area contributed by atoms with Crippen LogP contribution in [0.1, 0.15) is 59.0 Å². The van der Waals surface area contributed by atoms with Crippen molar-refractivity contribution >= 4 is 29.0 Å². The van der Waals surface area contributed by atoms with Gasteiger partial charge in [-0.1, -0.05) is 6.92 Å². The van der Waals surface area contributed by atoms with E-state index >= 15 is 0 Å². The number of halogens is 4. The van der Waals surface area contributed by atoms with Gasteiger partial charge < -0.3 is 15.5 Å². The molecule has 1 unspecified atom stereocenters. The average molecular weight is 473 g/mol. The molecule has 0 aliphatic carbocycles. The van der Waals surface area contributed by atoms with E-state index in [-0.39, 0.29) is 27.0 Å². The fourth-order valence-corrected chi connectivity index (χ4v) is 4.50. The van der Waals surface area contributed by atoms with Crippen molar-refractivity contribution in [3.8, 4) is 10.4 Å². The molecule has 2 aromatic rings. The highest BCUT2D eigenvalue weighted by Gasteiger charge is 2.46. The Bertz CT molecular complexity index is 1010. The van der Waals surface area contributed by atoms with Crippen LogP contribution in [0.15, 0.2) is 12.3 Å². The molecule has 0 radical (unpaired) electrons. The van der Waals surface area contributed by atoms with Gasteiger partial charge in [0.1, 0.15) is 11.5 Å². The number of carbonyl (C=O) groups is 2. The van der Waals surface area contributed by atoms with Gasteiger partial charge in [-0.05, 0) is 19.4 Å². The van der Waals surface area contributed by atoms with Crippen LogP contribution in [0.4, 0.5) is 23.4 Å². The first-order chi connectivity index (χ1) is 15.1. The molecular formula is C20H23F4N5O2S. The van der Waals surface area contributed by atoms with E-state index in [2.05, 4.69) is 20.6 Å². The molecule has 3 rings (SSSR count). The Morgan fingerprint density at radius 3 is 2.66 bits per heavy atom. The van der Waals surface area contributed by atoms with Gasteiger partial charge >= 0.3 is 0 Å². The predicted octanol–water partition coefficient (Wildman–Crippen LogP) is 4.19. The second-order valence-electron chi connectivity index (χ2n) is 7.50. The number of carbonyl (C=O) groups excluding carboxylic acids is 2. The highest BCUT2D eigenvalue weighted by molar-refractivity contribution is 7.17. The normalized spacial score (nSPS) is 17.6. The summed E-state index contributed by atoms with van der Waals surface area (Å²) in [6.07, 6.45) is -1.48. The predicted molar refractivity (Wildman–Crippen MR) is 113 cm³/mol. The topological polar surface area (TPSA) is 87.2 Å². The summed E-state index contributed by atoms with van der Waals surface area (Å²) in [5, 5.41) is 5.14. The van der Waals surface area contributed by atoms with Crippen LogP contribution in [0, 0.1) is 0 Å². The minimum absolute atomic E-state index is 0.0131. The van der Waals surface area contributed by atoms with Gasteiger partial charge in [0, 0.05) is 43.4 Å². The minimum atomic E-state index is -3.06. The molecule has 0 aromatic carbocycles. The lowest BCUT2D eigenvalue weighted by molar-refractivity contribution is 0.0118. The van der Waals surface area contributed by atoms with E-state index in [4.69, 9.17) is 0 Å². The van der Waals surface area contributed by atoms with Crippen molar-refractivity contribution in [3.63, 3.8) is 0 Å². The zero-order valence-electron chi connectivity index (χ0n) is 17.7. The molecule has 1 fully saturated rings. The number of hydrogen-bond donors (Lipinski definition) is 2. The summed E-state index contributed by atoms with van der Waals surface area (Å²) in [6.45, 7) is 3.11. The number of anilines is 1. The van der Waals surface area contributed by atoms with Crippen molar-refractivity contribution in [1.29, 1.82) is 0 Å². The van der Waals surface area contributed by atoms with E-state index in [1.54, 1.807) is 0 Å². The maximum Gasteiger partial charge on any atom is 0.280 e. The fourth-order valence-electron chi connectivity index (χ4n) is 3.46. The van der Waals surface area contributed by atoms with Crippen LogP contribution >= 0.6 is 11.3 Å². The lowest BCUT2D eigenvalue weighted by Gasteiger charge is -2.20. The largest absolute Gasteiger partial charge is 0.370 e. The van der Waals surface area contributed by atoms with Gasteiger partial charge in [-0.15, -0.1) is 11.3 Å². The summed E-state index contributed by atoms with van der Waals surface area (Å²) < 4.78 is 55.5. The van der Waals surface area contributed by atoms with Gasteiger partial charge in [0.15, 0.2) is 5.01 Å². The molecule has 2 aromatic heterocycles. The number of nitrogens with one attached hydrogen (secondary N) is 2. The van der Waals surface area contributed by atoms with Gasteiger partial charge in [0.05, 0.1) is 11.4 Å². The van der Waals surface area contributed by atoms with Crippen LogP contribution in [-0.4, -0.2) is 58.8 Å². The molecule has 0 spiro atoms. The molecular weight excluding hydrogens is 450 g/mol.